The summed E-state index contributed by atoms with van der Waals surface area (Å²) in [5, 5.41) is 51.7. The molecule has 1 saturated heterocycles. The molecule has 6 rings (SSSR count). The lowest BCUT2D eigenvalue weighted by atomic mass is 9.44. The number of amides is 1. The van der Waals surface area contributed by atoms with Gasteiger partial charge in [0.2, 0.25) is 0 Å². The van der Waals surface area contributed by atoms with Gasteiger partial charge in [-0.1, -0.05) is 69.3 Å². The third-order valence-corrected chi connectivity index (χ3v) is 12.6. The largest absolute Gasteiger partial charge is 0.456 e. The summed E-state index contributed by atoms with van der Waals surface area (Å²) in [5.74, 6) is -5.32. The Morgan fingerprint density at radius 3 is 2.10 bits per heavy atom. The Hall–Kier alpha value is -4.67. The number of ether oxygens (including phenoxy) is 5. The molecular formula is C43H53NO14. The van der Waals surface area contributed by atoms with E-state index in [1.54, 1.807) is 69.3 Å². The van der Waals surface area contributed by atoms with Crippen LogP contribution in [-0.4, -0.2) is 110 Å². The van der Waals surface area contributed by atoms with Crippen molar-refractivity contribution in [3.8, 4) is 0 Å². The Labute approximate surface area is 336 Å². The minimum absolute atomic E-state index is 0.0851. The van der Waals surface area contributed by atoms with Gasteiger partial charge in [0, 0.05) is 36.2 Å². The predicted octanol–water partition coefficient (Wildman–Crippen LogP) is 3.26. The summed E-state index contributed by atoms with van der Waals surface area (Å²) in [7, 11) is 0. The molecule has 1 amide bonds. The van der Waals surface area contributed by atoms with E-state index >= 15 is 0 Å². The van der Waals surface area contributed by atoms with E-state index in [4.69, 9.17) is 23.7 Å². The first kappa shape index (κ1) is 42.9. The van der Waals surface area contributed by atoms with Crippen molar-refractivity contribution in [2.75, 3.05) is 6.61 Å². The van der Waals surface area contributed by atoms with Crippen LogP contribution in [-0.2, 0) is 38.1 Å². The van der Waals surface area contributed by atoms with Gasteiger partial charge in [0.15, 0.2) is 17.5 Å². The Morgan fingerprint density at radius 1 is 0.948 bits per heavy atom. The minimum atomic E-state index is -2.37. The number of carbonyl (C=O) groups excluding carboxylic acids is 5. The zero-order valence-corrected chi connectivity index (χ0v) is 33.9. The Balaban J connectivity index is 1.49. The van der Waals surface area contributed by atoms with Gasteiger partial charge in [-0.2, -0.15) is 0 Å². The topological polar surface area (TPSA) is 224 Å². The molecule has 2 bridgehead atoms. The summed E-state index contributed by atoms with van der Waals surface area (Å²) < 4.78 is 29.5. The van der Waals surface area contributed by atoms with Crippen LogP contribution in [0.4, 0.5) is 4.79 Å². The number of rotatable bonds is 8. The fourth-order valence-corrected chi connectivity index (χ4v) is 9.54. The highest BCUT2D eigenvalue weighted by atomic mass is 16.6. The number of alkyl carbamates (subject to hydrolysis) is 1. The maximum Gasteiger partial charge on any atom is 0.408 e. The van der Waals surface area contributed by atoms with E-state index in [0.717, 1.165) is 6.92 Å². The number of nitrogens with one attached hydrogen (secondary N) is 1. The van der Waals surface area contributed by atoms with Gasteiger partial charge in [0.1, 0.15) is 35.6 Å². The van der Waals surface area contributed by atoms with Crippen LogP contribution in [0, 0.1) is 16.7 Å². The molecule has 314 valence electrons. The number of aliphatic hydroxyl groups excluding tert-OH is 3. The lowest BCUT2D eigenvalue weighted by Gasteiger charge is -2.68. The number of carbonyl (C=O) groups is 5. The van der Waals surface area contributed by atoms with Crippen LogP contribution in [0.2, 0.25) is 0 Å². The first-order valence-corrected chi connectivity index (χ1v) is 19.3. The average molecular weight is 808 g/mol. The number of benzene rings is 2. The molecule has 1 heterocycles. The summed E-state index contributed by atoms with van der Waals surface area (Å²) in [6, 6.07) is 14.6. The molecule has 0 aromatic heterocycles. The van der Waals surface area contributed by atoms with E-state index in [1.165, 1.54) is 39.8 Å². The second-order valence-corrected chi connectivity index (χ2v) is 17.6. The number of hydrogen-bond acceptors (Lipinski definition) is 14. The highest BCUT2D eigenvalue weighted by Gasteiger charge is 2.78. The molecule has 3 unspecified atom stereocenters. The number of Topliss-reactive ketones (excluding diaryl/α,β-unsaturated/α-hetero) is 1. The molecule has 2 aromatic carbocycles. The molecule has 15 heteroatoms. The summed E-state index contributed by atoms with van der Waals surface area (Å²) >= 11 is 0. The van der Waals surface area contributed by atoms with E-state index in [-0.39, 0.29) is 29.7 Å². The van der Waals surface area contributed by atoms with Gasteiger partial charge in [-0.15, -0.1) is 0 Å². The van der Waals surface area contributed by atoms with E-state index in [2.05, 4.69) is 5.32 Å². The number of esters is 3. The van der Waals surface area contributed by atoms with Gasteiger partial charge in [-0.25, -0.2) is 14.4 Å². The SMILES string of the molecule is CC(=O)O[C@@]12CO[C@@H]1C[C@@H](O)[C@@]1(C)C(O)C(=O)C3=C(C)[C@@H](OC(=O)C(O)[C@@H](NC(=O)OC(C)(C)C)c4ccccc4)C[C@@](O)([C@@H](OC(=O)c4ccccc4)C12)C3(C)C. The molecule has 0 radical (unpaired) electrons. The van der Waals surface area contributed by atoms with Gasteiger partial charge >= 0.3 is 24.0 Å². The van der Waals surface area contributed by atoms with Gasteiger partial charge < -0.3 is 49.4 Å². The van der Waals surface area contributed by atoms with Crippen molar-refractivity contribution in [2.45, 2.75) is 128 Å². The molecule has 2 aromatic rings. The van der Waals surface area contributed by atoms with E-state index in [0.29, 0.717) is 5.56 Å². The molecule has 5 N–H and O–H groups in total. The van der Waals surface area contributed by atoms with Gasteiger partial charge in [-0.3, -0.25) is 9.59 Å². The summed E-state index contributed by atoms with van der Waals surface area (Å²) in [5.41, 5.74) is -8.21. The first-order chi connectivity index (χ1) is 27.0. The quantitative estimate of drug-likeness (QED) is 0.191. The maximum atomic E-state index is 14.8. The lowest BCUT2D eigenvalue weighted by molar-refractivity contribution is -0.357. The first-order valence-electron chi connectivity index (χ1n) is 19.3. The normalized spacial score (nSPS) is 33.7. The summed E-state index contributed by atoms with van der Waals surface area (Å²) in [6.45, 7) is 11.8. The van der Waals surface area contributed by atoms with E-state index in [9.17, 15) is 44.4 Å². The Morgan fingerprint density at radius 2 is 1.55 bits per heavy atom. The molecule has 4 aliphatic rings. The third kappa shape index (κ3) is 7.10. The monoisotopic (exact) mass is 807 g/mol. The molecule has 3 fully saturated rings. The smallest absolute Gasteiger partial charge is 0.408 e. The van der Waals surface area contributed by atoms with Crippen molar-refractivity contribution in [3.05, 3.63) is 82.9 Å². The molecule has 3 aliphatic carbocycles. The highest BCUT2D eigenvalue weighted by Crippen LogP contribution is 2.64. The van der Waals surface area contributed by atoms with Crippen molar-refractivity contribution in [1.29, 1.82) is 0 Å². The highest BCUT2D eigenvalue weighted by molar-refractivity contribution is 6.02. The van der Waals surface area contributed by atoms with Crippen LogP contribution in [0.1, 0.15) is 90.2 Å². The fourth-order valence-electron chi connectivity index (χ4n) is 9.54. The van der Waals surface area contributed by atoms with E-state index in [1.807, 2.05) is 0 Å². The molecular weight excluding hydrogens is 754 g/mol. The van der Waals surface area contributed by atoms with Crippen molar-refractivity contribution in [2.24, 2.45) is 16.7 Å². The van der Waals surface area contributed by atoms with Crippen LogP contribution in [0.25, 0.3) is 0 Å². The molecule has 1 aliphatic heterocycles. The van der Waals surface area contributed by atoms with Crippen LogP contribution < -0.4 is 5.32 Å². The molecule has 0 spiro atoms. The number of ketones is 1. The van der Waals surface area contributed by atoms with Crippen molar-refractivity contribution < 1.29 is 68.1 Å². The second kappa shape index (κ2) is 15.2. The third-order valence-electron chi connectivity index (χ3n) is 12.6. The van der Waals surface area contributed by atoms with Gasteiger partial charge in [0.25, 0.3) is 0 Å². The standard InChI is InChI=1S/C43H53NO14/c1-22-26(55-37(51)32(48)30(24-15-11-9-12-16-24)44-38(52)58-39(3,4)5)20-43(53)35(56-36(50)25-17-13-10-14-18-25)33-41(8,34(49)31(47)29(22)40(43,6)7)27(46)19-28-42(33,21-54-28)57-23(2)45/h9-18,26-28,30,32-35,46,48-49,53H,19-21H2,1-8H3,(H,44,52)/t26-,27+,28+,30-,32?,33?,34?,35-,41+,42-,43+/m0/s1. The number of aliphatic hydroxyl groups is 4. The minimum Gasteiger partial charge on any atom is -0.456 e. The molecule has 2 saturated carbocycles. The fraction of sp³-hybridized carbons (Fsp3) is 0.558. The van der Waals surface area contributed by atoms with Crippen LogP contribution in [0.3, 0.4) is 0 Å². The molecule has 58 heavy (non-hydrogen) atoms. The molecule has 11 atom stereocenters. The zero-order valence-electron chi connectivity index (χ0n) is 33.9. The lowest BCUT2D eigenvalue weighted by Crippen LogP contribution is -2.82. The van der Waals surface area contributed by atoms with Crippen molar-refractivity contribution >= 4 is 29.8 Å². The van der Waals surface area contributed by atoms with Gasteiger partial charge in [0.05, 0.1) is 30.2 Å². The van der Waals surface area contributed by atoms with Crippen molar-refractivity contribution in [1.82, 2.24) is 5.32 Å². The average Bonchev–Trinajstić information content (AvgIpc) is 3.14. The summed E-state index contributed by atoms with van der Waals surface area (Å²) in [4.78, 5) is 68.8. The summed E-state index contributed by atoms with van der Waals surface area (Å²) in [6.07, 6.45) is -11.4. The van der Waals surface area contributed by atoms with Crippen LogP contribution in [0.5, 0.6) is 0 Å². The van der Waals surface area contributed by atoms with Gasteiger partial charge in [-0.05, 0) is 51.0 Å². The zero-order chi connectivity index (χ0) is 42.7. The van der Waals surface area contributed by atoms with Crippen LogP contribution >= 0.6 is 0 Å². The number of hydrogen-bond donors (Lipinski definition) is 5. The Bertz CT molecular complexity index is 1980. The second-order valence-electron chi connectivity index (χ2n) is 17.6. The maximum absolute atomic E-state index is 14.8. The van der Waals surface area contributed by atoms with Crippen LogP contribution in [0.15, 0.2) is 71.8 Å². The van der Waals surface area contributed by atoms with E-state index < -0.39 is 112 Å². The Kier molecular flexibility index (Phi) is 11.2. The molecule has 15 nitrogen and oxygen atoms in total. The number of fused-ring (bicyclic) bond motifs is 5. The van der Waals surface area contributed by atoms with Crippen molar-refractivity contribution in [3.63, 3.8) is 0 Å². The predicted molar refractivity (Wildman–Crippen MR) is 204 cm³/mol.